The summed E-state index contributed by atoms with van der Waals surface area (Å²) in [4.78, 5) is 10.6. The summed E-state index contributed by atoms with van der Waals surface area (Å²) in [5.74, 6) is 1.02. The van der Waals surface area contributed by atoms with Crippen molar-refractivity contribution in [2.24, 2.45) is 0 Å². The molecule has 3 N–H and O–H groups in total. The van der Waals surface area contributed by atoms with Crippen molar-refractivity contribution in [2.45, 2.75) is 31.4 Å². The quantitative estimate of drug-likeness (QED) is 0.635. The maximum absolute atomic E-state index is 10.6. The van der Waals surface area contributed by atoms with Gasteiger partial charge in [0, 0.05) is 18.3 Å². The fourth-order valence-corrected chi connectivity index (χ4v) is 2.43. The molecule has 14 heavy (non-hydrogen) atoms. The molecule has 1 heterocycles. The first-order chi connectivity index (χ1) is 6.52. The van der Waals surface area contributed by atoms with Crippen LogP contribution < -0.4 is 5.32 Å². The summed E-state index contributed by atoms with van der Waals surface area (Å²) in [5.41, 5.74) is -1.65. The van der Waals surface area contributed by atoms with Crippen molar-refractivity contribution in [2.75, 3.05) is 18.1 Å². The molecule has 5 heteroatoms. The van der Waals surface area contributed by atoms with Crippen molar-refractivity contribution >= 4 is 17.7 Å². The molecular weight excluding hydrogens is 202 g/mol. The average molecular weight is 219 g/mol. The van der Waals surface area contributed by atoms with E-state index in [9.17, 15) is 9.90 Å². The van der Waals surface area contributed by atoms with Gasteiger partial charge in [-0.15, -0.1) is 0 Å². The van der Waals surface area contributed by atoms with Crippen LogP contribution in [0.4, 0.5) is 0 Å². The van der Waals surface area contributed by atoms with Crippen LogP contribution in [0.5, 0.6) is 0 Å². The average Bonchev–Trinajstić information content (AvgIpc) is 2.16. The first-order valence-electron chi connectivity index (χ1n) is 4.79. The van der Waals surface area contributed by atoms with Crippen LogP contribution in [-0.4, -0.2) is 45.9 Å². The SMILES string of the molecule is CC(O)(CNC1CCCSC1)C(=O)O. The summed E-state index contributed by atoms with van der Waals surface area (Å²) >= 11 is 1.87. The monoisotopic (exact) mass is 219 g/mol. The van der Waals surface area contributed by atoms with Gasteiger partial charge in [-0.1, -0.05) is 0 Å². The van der Waals surface area contributed by atoms with Crippen molar-refractivity contribution in [1.82, 2.24) is 5.32 Å². The largest absolute Gasteiger partial charge is 0.479 e. The minimum absolute atomic E-state index is 0.119. The van der Waals surface area contributed by atoms with Gasteiger partial charge in [-0.2, -0.15) is 11.8 Å². The Morgan fingerprint density at radius 2 is 2.43 bits per heavy atom. The van der Waals surface area contributed by atoms with Crippen molar-refractivity contribution in [1.29, 1.82) is 0 Å². The number of hydrogen-bond donors (Lipinski definition) is 3. The van der Waals surface area contributed by atoms with E-state index in [-0.39, 0.29) is 6.54 Å². The minimum Gasteiger partial charge on any atom is -0.479 e. The molecule has 0 aromatic carbocycles. The third-order valence-corrected chi connectivity index (χ3v) is 3.57. The van der Waals surface area contributed by atoms with E-state index in [1.165, 1.54) is 12.7 Å². The molecule has 0 saturated carbocycles. The Kier molecular flexibility index (Phi) is 4.22. The number of carboxylic acids is 1. The van der Waals surface area contributed by atoms with Crippen molar-refractivity contribution < 1.29 is 15.0 Å². The maximum Gasteiger partial charge on any atom is 0.336 e. The van der Waals surface area contributed by atoms with E-state index < -0.39 is 11.6 Å². The van der Waals surface area contributed by atoms with Gasteiger partial charge in [0.2, 0.25) is 0 Å². The molecule has 0 spiro atoms. The van der Waals surface area contributed by atoms with Crippen LogP contribution in [0.25, 0.3) is 0 Å². The lowest BCUT2D eigenvalue weighted by molar-refractivity contribution is -0.156. The Balaban J connectivity index is 2.28. The second-order valence-corrected chi connectivity index (χ2v) is 5.02. The molecule has 0 amide bonds. The molecule has 0 aromatic heterocycles. The number of aliphatic carboxylic acids is 1. The number of nitrogens with one attached hydrogen (secondary N) is 1. The zero-order valence-corrected chi connectivity index (χ0v) is 9.14. The number of aliphatic hydroxyl groups is 1. The third kappa shape index (κ3) is 3.48. The molecule has 1 aliphatic rings. The first kappa shape index (κ1) is 11.8. The van der Waals surface area contributed by atoms with E-state index in [1.807, 2.05) is 11.8 Å². The van der Waals surface area contributed by atoms with Crippen LogP contribution >= 0.6 is 11.8 Å². The summed E-state index contributed by atoms with van der Waals surface area (Å²) in [5, 5.41) is 21.2. The van der Waals surface area contributed by atoms with Crippen LogP contribution in [0.15, 0.2) is 0 Å². The van der Waals surface area contributed by atoms with Gasteiger partial charge in [0.15, 0.2) is 5.60 Å². The Morgan fingerprint density at radius 3 is 2.93 bits per heavy atom. The summed E-state index contributed by atoms with van der Waals surface area (Å²) < 4.78 is 0. The second kappa shape index (κ2) is 5.00. The van der Waals surface area contributed by atoms with E-state index in [4.69, 9.17) is 5.11 Å². The highest BCUT2D eigenvalue weighted by Crippen LogP contribution is 2.17. The van der Waals surface area contributed by atoms with Gasteiger partial charge in [-0.3, -0.25) is 0 Å². The first-order valence-corrected chi connectivity index (χ1v) is 5.95. The van der Waals surface area contributed by atoms with E-state index in [0.717, 1.165) is 18.6 Å². The predicted molar refractivity (Wildman–Crippen MR) is 56.6 cm³/mol. The van der Waals surface area contributed by atoms with Gasteiger partial charge in [0.25, 0.3) is 0 Å². The van der Waals surface area contributed by atoms with Crippen molar-refractivity contribution in [3.8, 4) is 0 Å². The van der Waals surface area contributed by atoms with E-state index >= 15 is 0 Å². The van der Waals surface area contributed by atoms with E-state index in [0.29, 0.717) is 6.04 Å². The molecule has 82 valence electrons. The molecule has 1 aliphatic heterocycles. The molecule has 1 fully saturated rings. The maximum atomic E-state index is 10.6. The molecule has 0 radical (unpaired) electrons. The van der Waals surface area contributed by atoms with Crippen molar-refractivity contribution in [3.05, 3.63) is 0 Å². The summed E-state index contributed by atoms with van der Waals surface area (Å²) in [7, 11) is 0. The predicted octanol–water partition coefficient (Wildman–Crippen LogP) is 0.307. The Bertz CT molecular complexity index is 202. The molecule has 2 atom stereocenters. The van der Waals surface area contributed by atoms with E-state index in [1.54, 1.807) is 0 Å². The third-order valence-electron chi connectivity index (χ3n) is 2.36. The highest BCUT2D eigenvalue weighted by Gasteiger charge is 2.30. The van der Waals surface area contributed by atoms with Crippen LogP contribution in [-0.2, 0) is 4.79 Å². The Labute approximate surface area is 88.1 Å². The lowest BCUT2D eigenvalue weighted by atomic mass is 10.1. The second-order valence-electron chi connectivity index (χ2n) is 3.87. The molecule has 0 bridgehead atoms. The van der Waals surface area contributed by atoms with Crippen LogP contribution in [0.1, 0.15) is 19.8 Å². The van der Waals surface area contributed by atoms with Crippen LogP contribution in [0, 0.1) is 0 Å². The fourth-order valence-electron chi connectivity index (χ4n) is 1.32. The number of carbonyl (C=O) groups is 1. The normalized spacial score (nSPS) is 26.9. The summed E-state index contributed by atoms with van der Waals surface area (Å²) in [6.07, 6.45) is 2.24. The molecule has 0 aromatic rings. The Morgan fingerprint density at radius 1 is 1.71 bits per heavy atom. The van der Waals surface area contributed by atoms with E-state index in [2.05, 4.69) is 5.32 Å². The van der Waals surface area contributed by atoms with Gasteiger partial charge in [-0.05, 0) is 25.5 Å². The van der Waals surface area contributed by atoms with Gasteiger partial charge in [0.1, 0.15) is 0 Å². The summed E-state index contributed by atoms with van der Waals surface area (Å²) in [6, 6.07) is 0.347. The standard InChI is InChI=1S/C9H17NO3S/c1-9(13,8(11)12)6-10-7-3-2-4-14-5-7/h7,10,13H,2-6H2,1H3,(H,11,12). The van der Waals surface area contributed by atoms with Crippen LogP contribution in [0.2, 0.25) is 0 Å². The smallest absolute Gasteiger partial charge is 0.336 e. The molecule has 1 saturated heterocycles. The van der Waals surface area contributed by atoms with Gasteiger partial charge in [-0.25, -0.2) is 4.79 Å². The zero-order valence-electron chi connectivity index (χ0n) is 8.32. The van der Waals surface area contributed by atoms with Crippen molar-refractivity contribution in [3.63, 3.8) is 0 Å². The molecule has 2 unspecified atom stereocenters. The highest BCUT2D eigenvalue weighted by molar-refractivity contribution is 7.99. The lowest BCUT2D eigenvalue weighted by Gasteiger charge is -2.26. The van der Waals surface area contributed by atoms with Gasteiger partial charge in [0.05, 0.1) is 0 Å². The number of rotatable bonds is 4. The molecule has 0 aliphatic carbocycles. The number of carboxylic acid groups (broad SMARTS) is 1. The Hall–Kier alpha value is -0.260. The summed E-state index contributed by atoms with van der Waals surface area (Å²) in [6.45, 7) is 1.44. The molecule has 1 rings (SSSR count). The molecular formula is C9H17NO3S. The van der Waals surface area contributed by atoms with Crippen LogP contribution in [0.3, 0.4) is 0 Å². The minimum atomic E-state index is -1.65. The lowest BCUT2D eigenvalue weighted by Crippen LogP contribution is -2.48. The molecule has 4 nitrogen and oxygen atoms in total. The fraction of sp³-hybridized carbons (Fsp3) is 0.889. The number of thioether (sulfide) groups is 1. The van der Waals surface area contributed by atoms with Gasteiger partial charge >= 0.3 is 5.97 Å². The zero-order chi connectivity index (χ0) is 10.6. The highest BCUT2D eigenvalue weighted by atomic mass is 32.2. The van der Waals surface area contributed by atoms with Gasteiger partial charge < -0.3 is 15.5 Å². The number of hydrogen-bond acceptors (Lipinski definition) is 4. The topological polar surface area (TPSA) is 69.6 Å².